The number of nitrogens with one attached hydrogen (secondary N) is 1. The number of para-hydroxylation sites is 1. The number of benzene rings is 2. The van der Waals surface area contributed by atoms with Crippen LogP contribution in [-0.2, 0) is 24.3 Å². The van der Waals surface area contributed by atoms with E-state index in [9.17, 15) is 9.59 Å². The van der Waals surface area contributed by atoms with Crippen LogP contribution in [0, 0.1) is 0 Å². The third-order valence-corrected chi connectivity index (χ3v) is 5.79. The molecule has 0 aliphatic carbocycles. The molecule has 0 spiro atoms. The third kappa shape index (κ3) is 4.72. The van der Waals surface area contributed by atoms with E-state index in [1.54, 1.807) is 24.4 Å². The standard InChI is InChI=1S/C27H23N5O3/c1-2-18-10-12-19(13-11-18)16-29-24(33)17-32-23-9-4-3-7-20(23)21(15-25(32)34)27-30-26(31-35-27)22-8-5-6-14-28-22/h3-15H,2,16-17H2,1H3,(H,29,33). The van der Waals surface area contributed by atoms with E-state index in [-0.39, 0.29) is 23.9 Å². The largest absolute Gasteiger partial charge is 0.350 e. The van der Waals surface area contributed by atoms with Gasteiger partial charge in [0.15, 0.2) is 0 Å². The first kappa shape index (κ1) is 22.2. The lowest BCUT2D eigenvalue weighted by molar-refractivity contribution is -0.121. The summed E-state index contributed by atoms with van der Waals surface area (Å²) >= 11 is 0. The van der Waals surface area contributed by atoms with Gasteiger partial charge < -0.3 is 9.84 Å². The van der Waals surface area contributed by atoms with Crippen LogP contribution < -0.4 is 10.9 Å². The second-order valence-corrected chi connectivity index (χ2v) is 8.08. The van der Waals surface area contributed by atoms with Crippen molar-refractivity contribution in [1.82, 2.24) is 25.0 Å². The molecule has 5 aromatic rings. The Bertz CT molecular complexity index is 1540. The number of aryl methyl sites for hydroxylation is 1. The highest BCUT2D eigenvalue weighted by molar-refractivity contribution is 5.93. The van der Waals surface area contributed by atoms with Crippen molar-refractivity contribution in [3.8, 4) is 23.0 Å². The van der Waals surface area contributed by atoms with Gasteiger partial charge in [-0.1, -0.05) is 60.6 Å². The number of carbonyl (C=O) groups is 1. The molecule has 0 saturated heterocycles. The van der Waals surface area contributed by atoms with Crippen LogP contribution in [0.2, 0.25) is 0 Å². The first-order valence-corrected chi connectivity index (χ1v) is 11.3. The lowest BCUT2D eigenvalue weighted by Gasteiger charge is -2.12. The summed E-state index contributed by atoms with van der Waals surface area (Å²) in [6.07, 6.45) is 2.61. The van der Waals surface area contributed by atoms with E-state index < -0.39 is 0 Å². The highest BCUT2D eigenvalue weighted by Gasteiger charge is 2.18. The molecule has 0 fully saturated rings. The van der Waals surface area contributed by atoms with Crippen molar-refractivity contribution in [3.63, 3.8) is 0 Å². The summed E-state index contributed by atoms with van der Waals surface area (Å²) in [5.41, 5.74) is 3.60. The van der Waals surface area contributed by atoms with Gasteiger partial charge >= 0.3 is 0 Å². The average molecular weight is 466 g/mol. The SMILES string of the molecule is CCc1ccc(CNC(=O)Cn2c(=O)cc(-c3nc(-c4ccccn4)no3)c3ccccc32)cc1. The molecule has 1 amide bonds. The normalized spacial score (nSPS) is 11.0. The third-order valence-electron chi connectivity index (χ3n) is 5.79. The molecule has 174 valence electrons. The Morgan fingerprint density at radius 1 is 1.00 bits per heavy atom. The first-order valence-electron chi connectivity index (χ1n) is 11.3. The van der Waals surface area contributed by atoms with Crippen LogP contribution in [0.25, 0.3) is 33.9 Å². The molecule has 3 aromatic heterocycles. The topological polar surface area (TPSA) is 103 Å². The van der Waals surface area contributed by atoms with Gasteiger partial charge in [-0.15, -0.1) is 0 Å². The summed E-state index contributed by atoms with van der Waals surface area (Å²) in [5, 5.41) is 7.64. The van der Waals surface area contributed by atoms with E-state index in [0.717, 1.165) is 17.4 Å². The van der Waals surface area contributed by atoms with E-state index in [2.05, 4.69) is 39.5 Å². The van der Waals surface area contributed by atoms with Crippen LogP contribution in [0.3, 0.4) is 0 Å². The monoisotopic (exact) mass is 465 g/mol. The number of rotatable bonds is 7. The van der Waals surface area contributed by atoms with Gasteiger partial charge in [0.25, 0.3) is 11.4 Å². The van der Waals surface area contributed by atoms with Gasteiger partial charge in [-0.25, -0.2) is 0 Å². The predicted molar refractivity (Wildman–Crippen MR) is 132 cm³/mol. The minimum atomic E-state index is -0.335. The van der Waals surface area contributed by atoms with Gasteiger partial charge in [-0.2, -0.15) is 4.98 Å². The highest BCUT2D eigenvalue weighted by atomic mass is 16.5. The number of carbonyl (C=O) groups excluding carboxylic acids is 1. The second-order valence-electron chi connectivity index (χ2n) is 8.08. The van der Waals surface area contributed by atoms with Crippen LogP contribution in [-0.4, -0.2) is 25.6 Å². The zero-order chi connectivity index (χ0) is 24.2. The number of hydrogen-bond acceptors (Lipinski definition) is 6. The Hall–Kier alpha value is -4.59. The fraction of sp³-hybridized carbons (Fsp3) is 0.148. The molecule has 0 aliphatic heterocycles. The van der Waals surface area contributed by atoms with E-state index >= 15 is 0 Å². The number of aromatic nitrogens is 4. The van der Waals surface area contributed by atoms with E-state index in [4.69, 9.17) is 4.52 Å². The van der Waals surface area contributed by atoms with Gasteiger partial charge in [-0.05, 0) is 35.7 Å². The van der Waals surface area contributed by atoms with Crippen LogP contribution in [0.15, 0.2) is 88.3 Å². The molecular weight excluding hydrogens is 442 g/mol. The summed E-state index contributed by atoms with van der Waals surface area (Å²) in [5.74, 6) is 0.297. The summed E-state index contributed by atoms with van der Waals surface area (Å²) < 4.78 is 6.91. The molecule has 35 heavy (non-hydrogen) atoms. The number of fused-ring (bicyclic) bond motifs is 1. The van der Waals surface area contributed by atoms with Crippen LogP contribution in [0.5, 0.6) is 0 Å². The molecule has 0 radical (unpaired) electrons. The van der Waals surface area contributed by atoms with Gasteiger partial charge in [0.1, 0.15) is 12.2 Å². The molecule has 0 aliphatic rings. The van der Waals surface area contributed by atoms with Crippen molar-refractivity contribution in [1.29, 1.82) is 0 Å². The molecule has 5 rings (SSSR count). The molecular formula is C27H23N5O3. The van der Waals surface area contributed by atoms with Gasteiger partial charge in [-0.3, -0.25) is 19.1 Å². The van der Waals surface area contributed by atoms with Crippen molar-refractivity contribution < 1.29 is 9.32 Å². The Kier molecular flexibility index (Phi) is 6.17. The molecule has 0 bridgehead atoms. The number of pyridine rings is 2. The summed E-state index contributed by atoms with van der Waals surface area (Å²) in [6, 6.07) is 22.3. The van der Waals surface area contributed by atoms with Gasteiger partial charge in [0.2, 0.25) is 11.7 Å². The smallest absolute Gasteiger partial charge is 0.259 e. The van der Waals surface area contributed by atoms with Crippen molar-refractivity contribution >= 4 is 16.8 Å². The fourth-order valence-electron chi connectivity index (χ4n) is 3.90. The summed E-state index contributed by atoms with van der Waals surface area (Å²) in [7, 11) is 0. The van der Waals surface area contributed by atoms with Crippen molar-refractivity contribution in [2.45, 2.75) is 26.4 Å². The van der Waals surface area contributed by atoms with Crippen molar-refractivity contribution in [2.24, 2.45) is 0 Å². The number of nitrogens with zero attached hydrogens (tertiary/aromatic N) is 4. The van der Waals surface area contributed by atoms with Gasteiger partial charge in [0.05, 0.1) is 11.1 Å². The maximum Gasteiger partial charge on any atom is 0.259 e. The first-order chi connectivity index (χ1) is 17.1. The maximum absolute atomic E-state index is 13.1. The molecule has 0 unspecified atom stereocenters. The number of amides is 1. The van der Waals surface area contributed by atoms with Crippen molar-refractivity contribution in [3.05, 3.63) is 100 Å². The van der Waals surface area contributed by atoms with Crippen LogP contribution >= 0.6 is 0 Å². The molecule has 8 heteroatoms. The zero-order valence-electron chi connectivity index (χ0n) is 19.1. The Morgan fingerprint density at radius 3 is 2.54 bits per heavy atom. The van der Waals surface area contributed by atoms with E-state index in [1.165, 1.54) is 16.2 Å². The van der Waals surface area contributed by atoms with Crippen molar-refractivity contribution in [2.75, 3.05) is 0 Å². The quantitative estimate of drug-likeness (QED) is 0.390. The minimum absolute atomic E-state index is 0.101. The van der Waals surface area contributed by atoms with Crippen LogP contribution in [0.4, 0.5) is 0 Å². The summed E-state index contributed by atoms with van der Waals surface area (Å²) in [6.45, 7) is 2.39. The second kappa shape index (κ2) is 9.72. The lowest BCUT2D eigenvalue weighted by atomic mass is 10.1. The van der Waals surface area contributed by atoms with E-state index in [0.29, 0.717) is 29.1 Å². The lowest BCUT2D eigenvalue weighted by Crippen LogP contribution is -2.32. The molecule has 0 atom stereocenters. The minimum Gasteiger partial charge on any atom is -0.350 e. The fourth-order valence-corrected chi connectivity index (χ4v) is 3.90. The predicted octanol–water partition coefficient (Wildman–Crippen LogP) is 3.99. The highest BCUT2D eigenvalue weighted by Crippen LogP contribution is 2.27. The zero-order valence-corrected chi connectivity index (χ0v) is 19.1. The Labute approximate surface area is 201 Å². The average Bonchev–Trinajstić information content (AvgIpc) is 3.40. The molecule has 8 nitrogen and oxygen atoms in total. The molecule has 0 saturated carbocycles. The number of hydrogen-bond donors (Lipinski definition) is 1. The Balaban J connectivity index is 1.41. The molecule has 1 N–H and O–H groups in total. The molecule has 3 heterocycles. The van der Waals surface area contributed by atoms with Gasteiger partial charge in [0, 0.05) is 24.2 Å². The Morgan fingerprint density at radius 2 is 1.77 bits per heavy atom. The van der Waals surface area contributed by atoms with E-state index in [1.807, 2.05) is 36.4 Å². The van der Waals surface area contributed by atoms with Crippen LogP contribution in [0.1, 0.15) is 18.1 Å². The maximum atomic E-state index is 13.1. The summed E-state index contributed by atoms with van der Waals surface area (Å²) in [4.78, 5) is 34.4. The molecule has 2 aromatic carbocycles.